The molecule has 0 aliphatic carbocycles. The molecular weight excluding hydrogens is 328 g/mol. The summed E-state index contributed by atoms with van der Waals surface area (Å²) in [7, 11) is 0. The first-order valence-electron chi connectivity index (χ1n) is 8.25. The number of aromatic nitrogens is 2. The second-order valence-electron chi connectivity index (χ2n) is 6.26. The summed E-state index contributed by atoms with van der Waals surface area (Å²) < 4.78 is 0. The Balaban J connectivity index is 1.79. The van der Waals surface area contributed by atoms with Crippen LogP contribution in [0, 0.1) is 6.92 Å². The summed E-state index contributed by atoms with van der Waals surface area (Å²) in [5.41, 5.74) is 10.3. The fourth-order valence-electron chi connectivity index (χ4n) is 2.37. The molecule has 1 heterocycles. The molecule has 0 saturated carbocycles. The molecule has 25 heavy (non-hydrogen) atoms. The van der Waals surface area contributed by atoms with E-state index in [1.807, 2.05) is 12.1 Å². The van der Waals surface area contributed by atoms with E-state index in [1.165, 1.54) is 29.2 Å². The van der Waals surface area contributed by atoms with Crippen molar-refractivity contribution in [3.05, 3.63) is 66.0 Å². The molecule has 1 aromatic heterocycles. The van der Waals surface area contributed by atoms with Crippen molar-refractivity contribution in [3.8, 4) is 0 Å². The Bertz CT molecular complexity index is 843. The number of nitrogen functional groups attached to an aromatic ring is 1. The van der Waals surface area contributed by atoms with Crippen LogP contribution in [0.1, 0.15) is 30.9 Å². The molecule has 0 spiro atoms. The Kier molecular flexibility index (Phi) is 5.24. The van der Waals surface area contributed by atoms with Gasteiger partial charge in [-0.3, -0.25) is 0 Å². The van der Waals surface area contributed by atoms with Gasteiger partial charge < -0.3 is 11.1 Å². The Labute approximate surface area is 152 Å². The summed E-state index contributed by atoms with van der Waals surface area (Å²) in [6, 6.07) is 16.6. The van der Waals surface area contributed by atoms with Crippen LogP contribution in [-0.2, 0) is 0 Å². The summed E-state index contributed by atoms with van der Waals surface area (Å²) in [5, 5.41) is 4.03. The van der Waals surface area contributed by atoms with E-state index in [-0.39, 0.29) is 0 Å². The molecular formula is C20H22N4S. The van der Waals surface area contributed by atoms with Crippen LogP contribution in [0.5, 0.6) is 0 Å². The van der Waals surface area contributed by atoms with Crippen LogP contribution in [-0.4, -0.2) is 9.97 Å². The maximum atomic E-state index is 6.28. The summed E-state index contributed by atoms with van der Waals surface area (Å²) in [6.07, 6.45) is 1.54. The molecule has 4 nitrogen and oxygen atoms in total. The van der Waals surface area contributed by atoms with Crippen molar-refractivity contribution in [3.63, 3.8) is 0 Å². The number of rotatable bonds is 5. The molecule has 0 fully saturated rings. The topological polar surface area (TPSA) is 63.8 Å². The summed E-state index contributed by atoms with van der Waals surface area (Å²) in [4.78, 5) is 9.71. The van der Waals surface area contributed by atoms with Gasteiger partial charge in [0.1, 0.15) is 17.0 Å². The molecule has 0 radical (unpaired) electrons. The Morgan fingerprint density at radius 1 is 0.960 bits per heavy atom. The van der Waals surface area contributed by atoms with Gasteiger partial charge in [-0.05, 0) is 42.7 Å². The van der Waals surface area contributed by atoms with Gasteiger partial charge in [0, 0.05) is 10.6 Å². The molecule has 3 N–H and O–H groups in total. The normalized spacial score (nSPS) is 10.9. The van der Waals surface area contributed by atoms with E-state index < -0.39 is 0 Å². The molecule has 128 valence electrons. The number of anilines is 3. The first-order valence-corrected chi connectivity index (χ1v) is 9.06. The third-order valence-corrected chi connectivity index (χ3v) is 4.95. The maximum absolute atomic E-state index is 6.28. The minimum Gasteiger partial charge on any atom is -0.394 e. The largest absolute Gasteiger partial charge is 0.394 e. The van der Waals surface area contributed by atoms with Crippen molar-refractivity contribution in [1.82, 2.24) is 9.97 Å². The van der Waals surface area contributed by atoms with Crippen molar-refractivity contribution in [1.29, 1.82) is 0 Å². The molecule has 0 aliphatic heterocycles. The number of hydrogen-bond donors (Lipinski definition) is 2. The molecule has 0 saturated heterocycles. The van der Waals surface area contributed by atoms with Crippen molar-refractivity contribution >= 4 is 29.0 Å². The summed E-state index contributed by atoms with van der Waals surface area (Å²) in [5.74, 6) is 1.14. The van der Waals surface area contributed by atoms with Gasteiger partial charge in [-0.25, -0.2) is 9.97 Å². The number of hydrogen-bond acceptors (Lipinski definition) is 5. The highest BCUT2D eigenvalue weighted by atomic mass is 32.2. The Morgan fingerprint density at radius 2 is 1.64 bits per heavy atom. The second-order valence-corrected chi connectivity index (χ2v) is 7.32. The third kappa shape index (κ3) is 4.31. The van der Waals surface area contributed by atoms with E-state index in [0.29, 0.717) is 17.4 Å². The minimum atomic E-state index is 0.510. The van der Waals surface area contributed by atoms with E-state index in [4.69, 9.17) is 5.73 Å². The molecule has 0 amide bonds. The second kappa shape index (κ2) is 7.57. The average Bonchev–Trinajstić information content (AvgIpc) is 2.61. The third-order valence-electron chi connectivity index (χ3n) is 3.92. The van der Waals surface area contributed by atoms with Gasteiger partial charge in [-0.2, -0.15) is 0 Å². The van der Waals surface area contributed by atoms with E-state index in [0.717, 1.165) is 15.6 Å². The highest BCUT2D eigenvalue weighted by molar-refractivity contribution is 7.99. The first-order chi connectivity index (χ1) is 12.0. The average molecular weight is 350 g/mol. The fourth-order valence-corrected chi connectivity index (χ4v) is 3.17. The van der Waals surface area contributed by atoms with E-state index in [1.54, 1.807) is 0 Å². The predicted molar refractivity (Wildman–Crippen MR) is 106 cm³/mol. The number of nitrogens with two attached hydrogens (primary N) is 1. The monoisotopic (exact) mass is 350 g/mol. The SMILES string of the molecule is Cc1ccc(Sc2ncnc(Nc3ccc(C(C)C)cc3)c2N)cc1. The molecule has 3 aromatic rings. The quantitative estimate of drug-likeness (QED) is 0.604. The van der Waals surface area contributed by atoms with Crippen LogP contribution in [0.4, 0.5) is 17.2 Å². The van der Waals surface area contributed by atoms with Gasteiger partial charge in [0.15, 0.2) is 5.82 Å². The molecule has 3 rings (SSSR count). The minimum absolute atomic E-state index is 0.510. The molecule has 0 aliphatic rings. The van der Waals surface area contributed by atoms with Crippen LogP contribution < -0.4 is 11.1 Å². The lowest BCUT2D eigenvalue weighted by molar-refractivity contribution is 0.867. The van der Waals surface area contributed by atoms with E-state index in [2.05, 4.69) is 72.5 Å². The van der Waals surface area contributed by atoms with Crippen LogP contribution >= 0.6 is 11.8 Å². The highest BCUT2D eigenvalue weighted by Crippen LogP contribution is 2.34. The lowest BCUT2D eigenvalue weighted by atomic mass is 10.0. The van der Waals surface area contributed by atoms with Crippen LogP contribution in [0.2, 0.25) is 0 Å². The van der Waals surface area contributed by atoms with Gasteiger partial charge in [-0.1, -0.05) is 55.4 Å². The van der Waals surface area contributed by atoms with Crippen molar-refractivity contribution in [2.24, 2.45) is 0 Å². The number of nitrogens with zero attached hydrogens (tertiary/aromatic N) is 2. The maximum Gasteiger partial charge on any atom is 0.158 e. The van der Waals surface area contributed by atoms with Crippen LogP contribution in [0.3, 0.4) is 0 Å². The molecule has 5 heteroatoms. The molecule has 0 unspecified atom stereocenters. The van der Waals surface area contributed by atoms with Crippen molar-refractivity contribution in [2.45, 2.75) is 36.6 Å². The van der Waals surface area contributed by atoms with Crippen LogP contribution in [0.25, 0.3) is 0 Å². The molecule has 0 atom stereocenters. The molecule has 2 aromatic carbocycles. The predicted octanol–water partition coefficient (Wildman–Crippen LogP) is 5.39. The van der Waals surface area contributed by atoms with Gasteiger partial charge in [0.2, 0.25) is 0 Å². The zero-order valence-electron chi connectivity index (χ0n) is 14.7. The zero-order chi connectivity index (χ0) is 17.8. The zero-order valence-corrected chi connectivity index (χ0v) is 15.5. The summed E-state index contributed by atoms with van der Waals surface area (Å²) >= 11 is 1.54. The number of aryl methyl sites for hydroxylation is 1. The van der Waals surface area contributed by atoms with E-state index in [9.17, 15) is 0 Å². The lowest BCUT2D eigenvalue weighted by Crippen LogP contribution is -2.02. The fraction of sp³-hybridized carbons (Fsp3) is 0.200. The van der Waals surface area contributed by atoms with Gasteiger partial charge >= 0.3 is 0 Å². The lowest BCUT2D eigenvalue weighted by Gasteiger charge is -2.12. The highest BCUT2D eigenvalue weighted by Gasteiger charge is 2.10. The Hall–Kier alpha value is -2.53. The van der Waals surface area contributed by atoms with Gasteiger partial charge in [0.25, 0.3) is 0 Å². The van der Waals surface area contributed by atoms with Crippen LogP contribution in [0.15, 0.2) is 64.8 Å². The van der Waals surface area contributed by atoms with Gasteiger partial charge in [0.05, 0.1) is 0 Å². The first kappa shape index (κ1) is 17.3. The number of nitrogens with one attached hydrogen (secondary N) is 1. The summed E-state index contributed by atoms with van der Waals surface area (Å²) in [6.45, 7) is 6.43. The van der Waals surface area contributed by atoms with E-state index >= 15 is 0 Å². The van der Waals surface area contributed by atoms with Gasteiger partial charge in [-0.15, -0.1) is 0 Å². The van der Waals surface area contributed by atoms with Crippen molar-refractivity contribution < 1.29 is 0 Å². The van der Waals surface area contributed by atoms with Crippen molar-refractivity contribution in [2.75, 3.05) is 11.1 Å². The molecule has 0 bridgehead atoms. The smallest absolute Gasteiger partial charge is 0.158 e. The standard InChI is InChI=1S/C20H22N4S/c1-13(2)15-6-8-16(9-7-15)24-19-18(21)20(23-12-22-19)25-17-10-4-14(3)5-11-17/h4-13H,21H2,1-3H3,(H,22,23,24). The number of benzene rings is 2. The Morgan fingerprint density at radius 3 is 2.28 bits per heavy atom.